The van der Waals surface area contributed by atoms with Crippen molar-refractivity contribution >= 4 is 27.4 Å². The molecule has 1 heterocycles. The zero-order valence-corrected chi connectivity index (χ0v) is 18.8. The minimum atomic E-state index is -0.223. The molecule has 28 heavy (non-hydrogen) atoms. The van der Waals surface area contributed by atoms with Crippen molar-refractivity contribution in [2.24, 2.45) is 29.1 Å². The SMILES string of the molecule is C[C@@H]1[C@H]2C[C@@H](C[C@H]1Nc1cnn(CC(=O)CC3CCCC3)c(=O)c1Br)C2(C)C. The number of carbonyl (C=O) groups is 1. The minimum absolute atomic E-state index is 0.0758. The lowest BCUT2D eigenvalue weighted by molar-refractivity contribution is -0.120. The Morgan fingerprint density at radius 1 is 1.32 bits per heavy atom. The van der Waals surface area contributed by atoms with E-state index in [-0.39, 0.29) is 17.9 Å². The number of ketones is 1. The Morgan fingerprint density at radius 3 is 2.68 bits per heavy atom. The smallest absolute Gasteiger partial charge is 0.283 e. The maximum Gasteiger partial charge on any atom is 0.283 e. The van der Waals surface area contributed by atoms with Crippen LogP contribution in [0, 0.1) is 29.1 Å². The van der Waals surface area contributed by atoms with E-state index in [4.69, 9.17) is 0 Å². The fourth-order valence-corrected chi connectivity index (χ4v) is 6.41. The van der Waals surface area contributed by atoms with Gasteiger partial charge in [0, 0.05) is 12.5 Å². The van der Waals surface area contributed by atoms with E-state index in [1.165, 1.54) is 23.9 Å². The van der Waals surface area contributed by atoms with Crippen LogP contribution in [-0.4, -0.2) is 21.6 Å². The first-order chi connectivity index (χ1) is 13.3. The predicted molar refractivity (Wildman–Crippen MR) is 114 cm³/mol. The molecule has 2 bridgehead atoms. The van der Waals surface area contributed by atoms with Gasteiger partial charge in [0.1, 0.15) is 11.0 Å². The Balaban J connectivity index is 1.42. The standard InChI is InChI=1S/C22H32BrN3O2/c1-13-17-9-15(22(17,2)3)10-18(13)25-19-11-24-26(21(28)20(19)23)12-16(27)8-14-6-4-5-7-14/h11,13-15,17-18,25H,4-10,12H2,1-3H3/t13-,15+,17-,18-/m1/s1. The molecule has 0 aliphatic heterocycles. The number of fused-ring (bicyclic) bond motifs is 2. The quantitative estimate of drug-likeness (QED) is 0.686. The summed E-state index contributed by atoms with van der Waals surface area (Å²) in [6.45, 7) is 7.18. The highest BCUT2D eigenvalue weighted by atomic mass is 79.9. The van der Waals surface area contributed by atoms with Crippen molar-refractivity contribution in [1.29, 1.82) is 0 Å². The van der Waals surface area contributed by atoms with Gasteiger partial charge in [-0.15, -0.1) is 0 Å². The Bertz CT molecular complexity index is 812. The fraction of sp³-hybridized carbons (Fsp3) is 0.773. The first-order valence-corrected chi connectivity index (χ1v) is 11.6. The van der Waals surface area contributed by atoms with Crippen molar-refractivity contribution in [1.82, 2.24) is 9.78 Å². The van der Waals surface area contributed by atoms with Gasteiger partial charge in [0.25, 0.3) is 5.56 Å². The molecule has 4 atom stereocenters. The zero-order chi connectivity index (χ0) is 20.1. The molecule has 4 fully saturated rings. The molecule has 0 radical (unpaired) electrons. The summed E-state index contributed by atoms with van der Waals surface area (Å²) in [5.74, 6) is 2.67. The molecule has 1 N–H and O–H groups in total. The molecule has 0 unspecified atom stereocenters. The van der Waals surface area contributed by atoms with Gasteiger partial charge in [0.2, 0.25) is 0 Å². The van der Waals surface area contributed by atoms with Gasteiger partial charge in [-0.3, -0.25) is 9.59 Å². The van der Waals surface area contributed by atoms with E-state index in [9.17, 15) is 9.59 Å². The molecule has 5 rings (SSSR count). The Morgan fingerprint density at radius 2 is 2.04 bits per heavy atom. The molecule has 1 aromatic rings. The molecule has 0 saturated heterocycles. The van der Waals surface area contributed by atoms with Crippen molar-refractivity contribution in [3.05, 3.63) is 21.0 Å². The third-order valence-corrected chi connectivity index (χ3v) is 8.76. The molecule has 4 aliphatic carbocycles. The molecular formula is C22H32BrN3O2. The summed E-state index contributed by atoms with van der Waals surface area (Å²) in [6.07, 6.45) is 9.46. The van der Waals surface area contributed by atoms with E-state index in [2.05, 4.69) is 47.1 Å². The van der Waals surface area contributed by atoms with E-state index in [1.54, 1.807) is 6.20 Å². The van der Waals surface area contributed by atoms with Crippen LogP contribution in [0.3, 0.4) is 0 Å². The van der Waals surface area contributed by atoms with Crippen molar-refractivity contribution in [2.75, 3.05) is 5.32 Å². The van der Waals surface area contributed by atoms with Gasteiger partial charge in [-0.1, -0.05) is 46.5 Å². The van der Waals surface area contributed by atoms with Gasteiger partial charge in [-0.2, -0.15) is 5.10 Å². The van der Waals surface area contributed by atoms with E-state index in [0.717, 1.165) is 36.8 Å². The van der Waals surface area contributed by atoms with Crippen molar-refractivity contribution < 1.29 is 4.79 Å². The number of aromatic nitrogens is 2. The van der Waals surface area contributed by atoms with Crippen molar-refractivity contribution in [2.45, 2.75) is 78.3 Å². The number of Topliss-reactive ketones (excluding diaryl/α,β-unsaturated/α-hetero) is 1. The molecule has 5 nitrogen and oxygen atoms in total. The van der Waals surface area contributed by atoms with Crippen LogP contribution in [0.25, 0.3) is 0 Å². The average molecular weight is 450 g/mol. The molecule has 1 aromatic heterocycles. The van der Waals surface area contributed by atoms with Crippen LogP contribution in [-0.2, 0) is 11.3 Å². The third-order valence-electron chi connectivity index (χ3n) is 8.00. The number of nitrogens with one attached hydrogen (secondary N) is 1. The largest absolute Gasteiger partial charge is 0.380 e. The van der Waals surface area contributed by atoms with Gasteiger partial charge in [0.05, 0.1) is 11.9 Å². The van der Waals surface area contributed by atoms with Crippen LogP contribution in [0.2, 0.25) is 0 Å². The fourth-order valence-electron chi connectivity index (χ4n) is 5.99. The van der Waals surface area contributed by atoms with Crippen LogP contribution < -0.4 is 10.9 Å². The van der Waals surface area contributed by atoms with Crippen LogP contribution in [0.5, 0.6) is 0 Å². The van der Waals surface area contributed by atoms with Crippen LogP contribution in [0.1, 0.15) is 65.7 Å². The summed E-state index contributed by atoms with van der Waals surface area (Å²) in [6, 6.07) is 0.370. The van der Waals surface area contributed by atoms with E-state index >= 15 is 0 Å². The summed E-state index contributed by atoms with van der Waals surface area (Å²) in [5.41, 5.74) is 0.968. The van der Waals surface area contributed by atoms with Crippen molar-refractivity contribution in [3.8, 4) is 0 Å². The number of halogens is 1. The second-order valence-electron chi connectivity index (χ2n) is 9.93. The summed E-state index contributed by atoms with van der Waals surface area (Å²) < 4.78 is 1.79. The second-order valence-corrected chi connectivity index (χ2v) is 10.7. The van der Waals surface area contributed by atoms with Crippen molar-refractivity contribution in [3.63, 3.8) is 0 Å². The molecule has 0 amide bonds. The maximum atomic E-state index is 12.7. The van der Waals surface area contributed by atoms with Crippen LogP contribution in [0.4, 0.5) is 5.69 Å². The van der Waals surface area contributed by atoms with Crippen LogP contribution in [0.15, 0.2) is 15.5 Å². The number of nitrogens with zero attached hydrogens (tertiary/aromatic N) is 2. The number of hydrogen-bond donors (Lipinski definition) is 1. The number of carbonyl (C=O) groups excluding carboxylic acids is 1. The van der Waals surface area contributed by atoms with Gasteiger partial charge < -0.3 is 5.32 Å². The highest BCUT2D eigenvalue weighted by Gasteiger charge is 2.56. The Hall–Kier alpha value is -1.17. The normalized spacial score (nSPS) is 31.4. The first kappa shape index (κ1) is 20.1. The first-order valence-electron chi connectivity index (χ1n) is 10.8. The minimum Gasteiger partial charge on any atom is -0.380 e. The summed E-state index contributed by atoms with van der Waals surface area (Å²) in [5, 5.41) is 7.86. The monoisotopic (exact) mass is 449 g/mol. The van der Waals surface area contributed by atoms with E-state index in [0.29, 0.717) is 34.2 Å². The second kappa shape index (κ2) is 7.58. The van der Waals surface area contributed by atoms with E-state index < -0.39 is 0 Å². The molecule has 154 valence electrons. The average Bonchev–Trinajstić information content (AvgIpc) is 3.15. The number of anilines is 1. The lowest BCUT2D eigenvalue weighted by Gasteiger charge is -2.62. The molecule has 4 aliphatic rings. The number of rotatable bonds is 6. The summed E-state index contributed by atoms with van der Waals surface area (Å²) >= 11 is 3.46. The molecule has 0 aromatic carbocycles. The number of hydrogen-bond acceptors (Lipinski definition) is 4. The van der Waals surface area contributed by atoms with Gasteiger partial charge >= 0.3 is 0 Å². The van der Waals surface area contributed by atoms with E-state index in [1.807, 2.05) is 0 Å². The van der Waals surface area contributed by atoms with Gasteiger partial charge in [-0.05, 0) is 57.9 Å². The zero-order valence-electron chi connectivity index (χ0n) is 17.2. The molecule has 0 spiro atoms. The molecule has 4 saturated carbocycles. The van der Waals surface area contributed by atoms with Crippen LogP contribution >= 0.6 is 15.9 Å². The highest BCUT2D eigenvalue weighted by Crippen LogP contribution is 2.61. The lowest BCUT2D eigenvalue weighted by atomic mass is 9.45. The Labute approximate surface area is 175 Å². The Kier molecular flexibility index (Phi) is 5.45. The topological polar surface area (TPSA) is 64.0 Å². The highest BCUT2D eigenvalue weighted by molar-refractivity contribution is 9.10. The summed E-state index contributed by atoms with van der Waals surface area (Å²) in [4.78, 5) is 25.1. The van der Waals surface area contributed by atoms with Gasteiger partial charge in [-0.25, -0.2) is 4.68 Å². The summed E-state index contributed by atoms with van der Waals surface area (Å²) in [7, 11) is 0. The predicted octanol–water partition coefficient (Wildman–Crippen LogP) is 4.64. The molecule has 6 heteroatoms. The van der Waals surface area contributed by atoms with Gasteiger partial charge in [0.15, 0.2) is 5.78 Å². The maximum absolute atomic E-state index is 12.7. The third kappa shape index (κ3) is 3.57. The lowest BCUT2D eigenvalue weighted by Crippen LogP contribution is -2.58. The molecular weight excluding hydrogens is 418 g/mol.